The Morgan fingerprint density at radius 2 is 1.53 bits per heavy atom. The highest BCUT2D eigenvalue weighted by Crippen LogP contribution is 2.39. The first-order chi connectivity index (χ1) is 23.2. The van der Waals surface area contributed by atoms with E-state index in [1.165, 1.54) is 12.8 Å². The van der Waals surface area contributed by atoms with Crippen LogP contribution in [-0.2, 0) is 20.9 Å². The molecule has 6 atom stereocenters. The van der Waals surface area contributed by atoms with Crippen LogP contribution in [-0.4, -0.2) is 82.9 Å². The molecule has 1 saturated heterocycles. The molecule has 1 saturated carbocycles. The van der Waals surface area contributed by atoms with Gasteiger partial charge >= 0.3 is 0 Å². The van der Waals surface area contributed by atoms with Gasteiger partial charge < -0.3 is 26.4 Å². The lowest BCUT2D eigenvalue weighted by atomic mass is 9.72. The van der Waals surface area contributed by atoms with Crippen molar-refractivity contribution >= 4 is 29.5 Å². The first-order valence-corrected chi connectivity index (χ1v) is 18.9. The highest BCUT2D eigenvalue weighted by molar-refractivity contribution is 7.99. The predicted octanol–water partition coefficient (Wildman–Crippen LogP) is 4.74. The van der Waals surface area contributed by atoms with Crippen LogP contribution >= 0.6 is 11.8 Å². The normalized spacial score (nSPS) is 21.9. The Morgan fingerprint density at radius 3 is 2.16 bits per heavy atom. The van der Waals surface area contributed by atoms with E-state index in [1.807, 2.05) is 102 Å². The molecule has 4 rings (SSSR count). The van der Waals surface area contributed by atoms with Crippen LogP contribution in [0.1, 0.15) is 79.2 Å². The largest absolute Gasteiger partial charge is 0.390 e. The van der Waals surface area contributed by atoms with Crippen molar-refractivity contribution in [1.82, 2.24) is 26.2 Å². The lowest BCUT2D eigenvalue weighted by molar-refractivity contribution is -0.134. The lowest BCUT2D eigenvalue weighted by Crippen LogP contribution is -2.62. The molecule has 1 aliphatic carbocycles. The summed E-state index contributed by atoms with van der Waals surface area (Å²) in [6.07, 6.45) is 4.54. The van der Waals surface area contributed by atoms with E-state index < -0.39 is 23.6 Å². The van der Waals surface area contributed by atoms with Crippen LogP contribution < -0.4 is 21.3 Å². The minimum absolute atomic E-state index is 0.000600. The number of hydrogen-bond donors (Lipinski definition) is 5. The molecule has 2 aliphatic rings. The van der Waals surface area contributed by atoms with E-state index in [-0.39, 0.29) is 42.4 Å². The Bertz CT molecular complexity index is 1350. The maximum Gasteiger partial charge on any atom is 0.243 e. The maximum atomic E-state index is 14.0. The Labute approximate surface area is 298 Å². The predicted molar refractivity (Wildman–Crippen MR) is 198 cm³/mol. The molecule has 1 heterocycles. The van der Waals surface area contributed by atoms with Crippen LogP contribution in [0.2, 0.25) is 0 Å². The third kappa shape index (κ3) is 12.4. The van der Waals surface area contributed by atoms with E-state index in [1.54, 1.807) is 11.8 Å². The number of likely N-dealkylation sites (tertiary alicyclic amines) is 1. The molecule has 9 nitrogen and oxygen atoms in total. The fourth-order valence-electron chi connectivity index (χ4n) is 7.02. The zero-order valence-electron chi connectivity index (χ0n) is 30.3. The second-order valence-corrected chi connectivity index (χ2v) is 17.1. The van der Waals surface area contributed by atoms with Crippen LogP contribution in [0.5, 0.6) is 0 Å². The number of aliphatic hydroxyl groups excluding tert-OH is 1. The summed E-state index contributed by atoms with van der Waals surface area (Å²) < 4.78 is 0. The summed E-state index contributed by atoms with van der Waals surface area (Å²) in [5, 5.41) is 24.3. The molecule has 270 valence electrons. The molecule has 0 aromatic heterocycles. The molecular weight excluding hydrogens is 635 g/mol. The van der Waals surface area contributed by atoms with E-state index in [2.05, 4.69) is 26.2 Å². The van der Waals surface area contributed by atoms with Crippen molar-refractivity contribution in [2.24, 2.45) is 17.3 Å². The van der Waals surface area contributed by atoms with Crippen molar-refractivity contribution in [1.29, 1.82) is 0 Å². The molecule has 1 aliphatic heterocycles. The van der Waals surface area contributed by atoms with Crippen molar-refractivity contribution in [3.05, 3.63) is 66.2 Å². The van der Waals surface area contributed by atoms with Crippen LogP contribution in [0.3, 0.4) is 0 Å². The zero-order valence-corrected chi connectivity index (χ0v) is 31.2. The Balaban J connectivity index is 1.48. The van der Waals surface area contributed by atoms with Gasteiger partial charge in [-0.3, -0.25) is 19.3 Å². The number of hydrogen-bond acceptors (Lipinski definition) is 7. The number of nitrogens with one attached hydrogen (secondary N) is 4. The second-order valence-electron chi connectivity index (χ2n) is 16.0. The van der Waals surface area contributed by atoms with Gasteiger partial charge in [0.25, 0.3) is 0 Å². The SMILES string of the molecule is CC(C)(C)NC(=O)[C@@H]1CC2CCCCC2CN1C[C@@H](O)[C@H](CSc1ccccc1)NC(=O)[C@@H](NC(=O)CNCc1ccccc1)C(C)(C)C. The molecule has 3 amide bonds. The van der Waals surface area contributed by atoms with Crippen molar-refractivity contribution in [2.45, 2.75) is 115 Å². The summed E-state index contributed by atoms with van der Waals surface area (Å²) in [6.45, 7) is 13.4. The highest BCUT2D eigenvalue weighted by atomic mass is 32.2. The van der Waals surface area contributed by atoms with Gasteiger partial charge in [0.2, 0.25) is 17.7 Å². The highest BCUT2D eigenvalue weighted by Gasteiger charge is 2.42. The lowest BCUT2D eigenvalue weighted by Gasteiger charge is -2.47. The molecule has 2 aromatic carbocycles. The number of nitrogens with zero attached hydrogens (tertiary/aromatic N) is 1. The summed E-state index contributed by atoms with van der Waals surface area (Å²) in [5.41, 5.74) is 0.121. The van der Waals surface area contributed by atoms with Gasteiger partial charge in [-0.25, -0.2) is 0 Å². The van der Waals surface area contributed by atoms with E-state index >= 15 is 0 Å². The number of β-amino-alcohol motifs (C(OH)–C–C–N with tert-alkyl or cyclic N) is 1. The van der Waals surface area contributed by atoms with Crippen molar-refractivity contribution in [3.63, 3.8) is 0 Å². The molecule has 0 bridgehead atoms. The molecular formula is C39H59N5O4S. The second kappa shape index (κ2) is 17.8. The summed E-state index contributed by atoms with van der Waals surface area (Å²) >= 11 is 1.57. The Morgan fingerprint density at radius 1 is 0.898 bits per heavy atom. The maximum absolute atomic E-state index is 14.0. The summed E-state index contributed by atoms with van der Waals surface area (Å²) in [7, 11) is 0. The molecule has 2 fully saturated rings. The van der Waals surface area contributed by atoms with E-state index in [0.717, 1.165) is 36.3 Å². The number of carbonyl (C=O) groups is 3. The van der Waals surface area contributed by atoms with Gasteiger partial charge in [0.05, 0.1) is 24.7 Å². The van der Waals surface area contributed by atoms with Gasteiger partial charge in [-0.15, -0.1) is 11.8 Å². The molecule has 5 N–H and O–H groups in total. The first-order valence-electron chi connectivity index (χ1n) is 18.0. The average molecular weight is 694 g/mol. The third-order valence-electron chi connectivity index (χ3n) is 9.58. The minimum Gasteiger partial charge on any atom is -0.390 e. The number of rotatable bonds is 14. The average Bonchev–Trinajstić information content (AvgIpc) is 3.04. The Kier molecular flexibility index (Phi) is 14.1. The monoisotopic (exact) mass is 693 g/mol. The van der Waals surface area contributed by atoms with Gasteiger partial charge in [0.1, 0.15) is 6.04 Å². The first kappa shape index (κ1) is 38.9. The van der Waals surface area contributed by atoms with E-state index in [0.29, 0.717) is 24.1 Å². The van der Waals surface area contributed by atoms with Gasteiger partial charge in [-0.1, -0.05) is 88.6 Å². The van der Waals surface area contributed by atoms with E-state index in [4.69, 9.17) is 0 Å². The number of carbonyl (C=O) groups excluding carboxylic acids is 3. The number of benzene rings is 2. The third-order valence-corrected chi connectivity index (χ3v) is 10.7. The minimum atomic E-state index is -0.936. The number of fused-ring (bicyclic) bond motifs is 1. The Hall–Kier alpha value is -2.92. The molecule has 2 unspecified atom stereocenters. The summed E-state index contributed by atoms with van der Waals surface area (Å²) in [6, 6.07) is 18.0. The molecule has 2 aromatic rings. The van der Waals surface area contributed by atoms with Gasteiger partial charge in [0.15, 0.2) is 0 Å². The molecule has 0 radical (unpaired) electrons. The van der Waals surface area contributed by atoms with Crippen LogP contribution in [0.4, 0.5) is 0 Å². The number of aliphatic hydroxyl groups is 1. The van der Waals surface area contributed by atoms with Crippen LogP contribution in [0.15, 0.2) is 65.6 Å². The number of piperidine rings is 1. The van der Waals surface area contributed by atoms with Gasteiger partial charge in [0, 0.05) is 35.8 Å². The topological polar surface area (TPSA) is 123 Å². The van der Waals surface area contributed by atoms with Crippen LogP contribution in [0.25, 0.3) is 0 Å². The zero-order chi connectivity index (χ0) is 35.6. The standard InChI is InChI=1S/C39H59N5O4S/c1-38(2,3)35(42-34(46)23-40-22-27-15-9-7-10-16-27)37(48)41-31(26-49-30-19-11-8-12-20-30)33(45)25-44-24-29-18-14-13-17-28(29)21-32(44)36(47)43-39(4,5)6/h7-12,15-16,19-20,28-29,31-33,35,40,45H,13-14,17-18,21-26H2,1-6H3,(H,41,48)(H,42,46)(H,43,47)/t28?,29?,31-,32-,33+,35+/m0/s1. The fourth-order valence-corrected chi connectivity index (χ4v) is 8.04. The quantitative estimate of drug-likeness (QED) is 0.181. The summed E-state index contributed by atoms with van der Waals surface area (Å²) in [5.74, 6) is 0.834. The summed E-state index contributed by atoms with van der Waals surface area (Å²) in [4.78, 5) is 43.9. The molecule has 0 spiro atoms. The number of amides is 3. The van der Waals surface area contributed by atoms with Crippen LogP contribution in [0, 0.1) is 17.3 Å². The van der Waals surface area contributed by atoms with E-state index in [9.17, 15) is 19.5 Å². The van der Waals surface area contributed by atoms with Crippen molar-refractivity contribution < 1.29 is 19.5 Å². The van der Waals surface area contributed by atoms with Gasteiger partial charge in [-0.05, 0) is 68.6 Å². The fraction of sp³-hybridized carbons (Fsp3) is 0.615. The molecule has 10 heteroatoms. The smallest absolute Gasteiger partial charge is 0.243 e. The van der Waals surface area contributed by atoms with Gasteiger partial charge in [-0.2, -0.15) is 0 Å². The number of thioether (sulfide) groups is 1. The molecule has 49 heavy (non-hydrogen) atoms. The van der Waals surface area contributed by atoms with Crippen molar-refractivity contribution in [2.75, 3.05) is 25.4 Å². The van der Waals surface area contributed by atoms with Crippen molar-refractivity contribution in [3.8, 4) is 0 Å².